The second-order valence-corrected chi connectivity index (χ2v) is 10.1. The molecule has 2 fully saturated rings. The number of hydrogen-bond donors (Lipinski definition) is 0. The SMILES string of the molecule is COc1cccc(OC(C)C)c1CN1C[C@@H]2COCCN2[C@H](C(c2ccccc2)c2ccccc2)C1.Cl.Cl. The number of morpholine rings is 1. The molecular weight excluding hydrogens is 519 g/mol. The highest BCUT2D eigenvalue weighted by Crippen LogP contribution is 2.37. The van der Waals surface area contributed by atoms with Gasteiger partial charge < -0.3 is 14.2 Å². The largest absolute Gasteiger partial charge is 0.496 e. The summed E-state index contributed by atoms with van der Waals surface area (Å²) in [4.78, 5) is 5.28. The Morgan fingerprint density at radius 3 is 2.08 bits per heavy atom. The molecule has 0 amide bonds. The molecule has 2 saturated heterocycles. The Hall–Kier alpha value is -2.28. The van der Waals surface area contributed by atoms with E-state index >= 15 is 0 Å². The maximum Gasteiger partial charge on any atom is 0.127 e. The topological polar surface area (TPSA) is 34.2 Å². The van der Waals surface area contributed by atoms with Gasteiger partial charge in [-0.25, -0.2) is 0 Å². The molecule has 0 N–H and O–H groups in total. The van der Waals surface area contributed by atoms with Crippen LogP contribution in [0.25, 0.3) is 0 Å². The molecule has 2 aliphatic rings. The first-order chi connectivity index (χ1) is 17.6. The third-order valence-corrected chi connectivity index (χ3v) is 7.37. The van der Waals surface area contributed by atoms with Crippen LogP contribution >= 0.6 is 24.8 Å². The maximum absolute atomic E-state index is 6.21. The van der Waals surface area contributed by atoms with E-state index in [1.807, 2.05) is 12.1 Å². The summed E-state index contributed by atoms with van der Waals surface area (Å²) < 4.78 is 18.0. The van der Waals surface area contributed by atoms with Gasteiger partial charge in [0.15, 0.2) is 0 Å². The fourth-order valence-corrected chi connectivity index (χ4v) is 5.87. The summed E-state index contributed by atoms with van der Waals surface area (Å²) in [7, 11) is 1.74. The fraction of sp³-hybridized carbons (Fsp3) is 0.419. The van der Waals surface area contributed by atoms with E-state index in [1.165, 1.54) is 11.1 Å². The minimum absolute atomic E-state index is 0. The fourth-order valence-electron chi connectivity index (χ4n) is 5.87. The van der Waals surface area contributed by atoms with Gasteiger partial charge in [-0.15, -0.1) is 24.8 Å². The quantitative estimate of drug-likeness (QED) is 0.336. The second kappa shape index (κ2) is 14.2. The Bertz CT molecular complexity index is 1080. The van der Waals surface area contributed by atoms with E-state index in [4.69, 9.17) is 14.2 Å². The van der Waals surface area contributed by atoms with Crippen LogP contribution in [0.15, 0.2) is 78.9 Å². The van der Waals surface area contributed by atoms with Gasteiger partial charge in [-0.05, 0) is 37.1 Å². The zero-order valence-corrected chi connectivity index (χ0v) is 24.1. The van der Waals surface area contributed by atoms with Gasteiger partial charge in [-0.2, -0.15) is 0 Å². The molecule has 3 aromatic rings. The lowest BCUT2D eigenvalue weighted by Gasteiger charge is -2.51. The lowest BCUT2D eigenvalue weighted by molar-refractivity contribution is -0.0777. The van der Waals surface area contributed by atoms with Crippen LogP contribution in [0.1, 0.15) is 36.5 Å². The molecule has 2 heterocycles. The Morgan fingerprint density at radius 2 is 1.47 bits per heavy atom. The van der Waals surface area contributed by atoms with Gasteiger partial charge in [-0.3, -0.25) is 9.80 Å². The third kappa shape index (κ3) is 6.83. The third-order valence-electron chi connectivity index (χ3n) is 7.37. The first kappa shape index (κ1) is 30.3. The van der Waals surface area contributed by atoms with Crippen molar-refractivity contribution in [3.63, 3.8) is 0 Å². The van der Waals surface area contributed by atoms with E-state index in [2.05, 4.69) is 90.4 Å². The summed E-state index contributed by atoms with van der Waals surface area (Å²) in [6.45, 7) is 9.38. The van der Waals surface area contributed by atoms with E-state index < -0.39 is 0 Å². The van der Waals surface area contributed by atoms with Crippen molar-refractivity contribution in [3.8, 4) is 11.5 Å². The van der Waals surface area contributed by atoms with E-state index in [0.29, 0.717) is 12.1 Å². The highest BCUT2D eigenvalue weighted by atomic mass is 35.5. The first-order valence-corrected chi connectivity index (χ1v) is 13.1. The molecule has 2 atom stereocenters. The van der Waals surface area contributed by atoms with Crippen LogP contribution in [0, 0.1) is 0 Å². The van der Waals surface area contributed by atoms with E-state index in [-0.39, 0.29) is 36.8 Å². The summed E-state index contributed by atoms with van der Waals surface area (Å²) in [5, 5.41) is 0. The van der Waals surface area contributed by atoms with E-state index in [1.54, 1.807) is 7.11 Å². The second-order valence-electron chi connectivity index (χ2n) is 10.1. The van der Waals surface area contributed by atoms with Gasteiger partial charge >= 0.3 is 0 Å². The van der Waals surface area contributed by atoms with Crippen LogP contribution in [-0.4, -0.2) is 67.9 Å². The molecule has 2 aliphatic heterocycles. The molecule has 0 aliphatic carbocycles. The lowest BCUT2D eigenvalue weighted by Crippen LogP contribution is -2.64. The van der Waals surface area contributed by atoms with Gasteiger partial charge in [0.05, 0.1) is 32.0 Å². The van der Waals surface area contributed by atoms with Gasteiger partial charge in [-0.1, -0.05) is 66.7 Å². The summed E-state index contributed by atoms with van der Waals surface area (Å²) >= 11 is 0. The number of rotatable bonds is 8. The molecule has 7 heteroatoms. The molecule has 0 saturated carbocycles. The summed E-state index contributed by atoms with van der Waals surface area (Å²) in [5.74, 6) is 2.07. The molecule has 5 nitrogen and oxygen atoms in total. The predicted octanol–water partition coefficient (Wildman–Crippen LogP) is 6.04. The predicted molar refractivity (Wildman–Crippen MR) is 158 cm³/mol. The Morgan fingerprint density at radius 1 is 0.842 bits per heavy atom. The average molecular weight is 560 g/mol. The molecule has 0 unspecified atom stereocenters. The number of ether oxygens (including phenoxy) is 3. The Balaban J connectivity index is 0.00000200. The van der Waals surface area contributed by atoms with Crippen LogP contribution in [0.5, 0.6) is 11.5 Å². The number of fused-ring (bicyclic) bond motifs is 1. The molecule has 3 aromatic carbocycles. The molecule has 5 rings (SSSR count). The standard InChI is InChI=1S/C31H38N2O3.2ClH/c1-23(2)36-30-16-10-15-29(34-3)27(30)20-32-19-26-22-35-18-17-33(26)28(21-32)31(24-11-6-4-7-12-24)25-13-8-5-9-14-25;;/h4-16,23,26,28,31H,17-22H2,1-3H3;2*1H/t26-,28+;;/m1../s1. The van der Waals surface area contributed by atoms with Crippen molar-refractivity contribution >= 4 is 24.8 Å². The number of piperazine rings is 1. The number of hydrogen-bond acceptors (Lipinski definition) is 5. The van der Waals surface area contributed by atoms with Crippen LogP contribution in [0.4, 0.5) is 0 Å². The monoisotopic (exact) mass is 558 g/mol. The molecule has 206 valence electrons. The molecule has 38 heavy (non-hydrogen) atoms. The van der Waals surface area contributed by atoms with Crippen LogP contribution in [-0.2, 0) is 11.3 Å². The van der Waals surface area contributed by atoms with Crippen molar-refractivity contribution in [2.45, 2.75) is 44.5 Å². The van der Waals surface area contributed by atoms with Crippen LogP contribution in [0.2, 0.25) is 0 Å². The van der Waals surface area contributed by atoms with Gasteiger partial charge in [0.2, 0.25) is 0 Å². The first-order valence-electron chi connectivity index (χ1n) is 13.1. The Kier molecular flexibility index (Phi) is 11.3. The molecular formula is C31H40Cl2N2O3. The average Bonchev–Trinajstić information content (AvgIpc) is 2.91. The number of benzene rings is 3. The number of methoxy groups -OCH3 is 1. The molecule has 0 spiro atoms. The molecule has 0 aromatic heterocycles. The van der Waals surface area contributed by atoms with Crippen LogP contribution in [0.3, 0.4) is 0 Å². The zero-order valence-electron chi connectivity index (χ0n) is 22.5. The van der Waals surface area contributed by atoms with E-state index in [0.717, 1.165) is 56.5 Å². The summed E-state index contributed by atoms with van der Waals surface area (Å²) in [5.41, 5.74) is 3.84. The van der Waals surface area contributed by atoms with Crippen molar-refractivity contribution in [1.29, 1.82) is 0 Å². The minimum atomic E-state index is 0. The van der Waals surface area contributed by atoms with Gasteiger partial charge in [0.1, 0.15) is 11.5 Å². The van der Waals surface area contributed by atoms with Crippen molar-refractivity contribution in [2.24, 2.45) is 0 Å². The van der Waals surface area contributed by atoms with Gasteiger partial charge in [0, 0.05) is 44.2 Å². The highest BCUT2D eigenvalue weighted by molar-refractivity contribution is 5.85. The number of nitrogens with zero attached hydrogens (tertiary/aromatic N) is 2. The van der Waals surface area contributed by atoms with Gasteiger partial charge in [0.25, 0.3) is 0 Å². The lowest BCUT2D eigenvalue weighted by atomic mass is 9.82. The van der Waals surface area contributed by atoms with Crippen molar-refractivity contribution in [2.75, 3.05) is 40.0 Å². The molecule has 0 radical (unpaired) electrons. The van der Waals surface area contributed by atoms with Crippen molar-refractivity contribution < 1.29 is 14.2 Å². The summed E-state index contributed by atoms with van der Waals surface area (Å²) in [6.07, 6.45) is 0.104. The van der Waals surface area contributed by atoms with Crippen LogP contribution < -0.4 is 9.47 Å². The summed E-state index contributed by atoms with van der Waals surface area (Å²) in [6, 6.07) is 28.8. The Labute approximate surface area is 239 Å². The smallest absolute Gasteiger partial charge is 0.127 e. The normalized spacial score (nSPS) is 19.8. The van der Waals surface area contributed by atoms with Crippen molar-refractivity contribution in [3.05, 3.63) is 95.6 Å². The van der Waals surface area contributed by atoms with Crippen molar-refractivity contribution in [1.82, 2.24) is 9.80 Å². The zero-order chi connectivity index (χ0) is 24.9. The highest BCUT2D eigenvalue weighted by Gasteiger charge is 2.41. The number of halogens is 2. The maximum atomic E-state index is 6.21. The van der Waals surface area contributed by atoms with E-state index in [9.17, 15) is 0 Å². The minimum Gasteiger partial charge on any atom is -0.496 e. The molecule has 0 bridgehead atoms.